The largest absolute Gasteiger partial charge is 0.496 e. The maximum absolute atomic E-state index is 11.4. The number of para-hydroxylation sites is 1. The van der Waals surface area contributed by atoms with Crippen LogP contribution in [-0.2, 0) is 11.2 Å². The minimum absolute atomic E-state index is 0.0117. The van der Waals surface area contributed by atoms with Gasteiger partial charge < -0.3 is 10.1 Å². The predicted molar refractivity (Wildman–Crippen MR) is 69.6 cm³/mol. The fourth-order valence-corrected chi connectivity index (χ4v) is 1.86. The summed E-state index contributed by atoms with van der Waals surface area (Å²) in [6.07, 6.45) is 1.11. The maximum atomic E-state index is 11.4. The Labute approximate surface area is 107 Å². The lowest BCUT2D eigenvalue weighted by atomic mass is 10.1. The summed E-state index contributed by atoms with van der Waals surface area (Å²) in [7, 11) is 1.65. The number of halogens is 1. The van der Waals surface area contributed by atoms with E-state index in [1.807, 2.05) is 31.2 Å². The average Bonchev–Trinajstić information content (AvgIpc) is 2.29. The van der Waals surface area contributed by atoms with Crippen molar-refractivity contribution in [2.24, 2.45) is 0 Å². The maximum Gasteiger partial charge on any atom is 0.221 e. The lowest BCUT2D eigenvalue weighted by Gasteiger charge is -2.15. The minimum Gasteiger partial charge on any atom is -0.496 e. The van der Waals surface area contributed by atoms with Crippen molar-refractivity contribution in [1.29, 1.82) is 0 Å². The van der Waals surface area contributed by atoms with E-state index in [-0.39, 0.29) is 11.9 Å². The molecule has 0 aliphatic carbocycles. The second-order valence-corrected chi connectivity index (χ2v) is 4.30. The number of carbonyl (C=O) groups excluding carboxylic acids is 1. The molecule has 1 aromatic carbocycles. The van der Waals surface area contributed by atoms with Gasteiger partial charge in [-0.25, -0.2) is 0 Å². The van der Waals surface area contributed by atoms with Crippen molar-refractivity contribution < 1.29 is 9.53 Å². The zero-order chi connectivity index (χ0) is 12.7. The Morgan fingerprint density at radius 3 is 2.82 bits per heavy atom. The first kappa shape index (κ1) is 13.8. The van der Waals surface area contributed by atoms with Gasteiger partial charge in [0.15, 0.2) is 0 Å². The molecule has 0 saturated heterocycles. The van der Waals surface area contributed by atoms with Gasteiger partial charge in [0.1, 0.15) is 5.75 Å². The van der Waals surface area contributed by atoms with Crippen LogP contribution in [0.4, 0.5) is 0 Å². The molecule has 94 valence electrons. The highest BCUT2D eigenvalue weighted by Gasteiger charge is 2.10. The van der Waals surface area contributed by atoms with Crippen LogP contribution >= 0.6 is 11.6 Å². The van der Waals surface area contributed by atoms with Crippen molar-refractivity contribution in [3.8, 4) is 5.75 Å². The van der Waals surface area contributed by atoms with Crippen LogP contribution in [0, 0.1) is 0 Å². The van der Waals surface area contributed by atoms with Crippen LogP contribution in [0.2, 0.25) is 0 Å². The van der Waals surface area contributed by atoms with E-state index in [1.54, 1.807) is 7.11 Å². The number of ether oxygens (including phenoxy) is 1. The van der Waals surface area contributed by atoms with Gasteiger partial charge in [0.05, 0.1) is 7.11 Å². The average molecular weight is 256 g/mol. The highest BCUT2D eigenvalue weighted by atomic mass is 35.5. The van der Waals surface area contributed by atoms with E-state index in [2.05, 4.69) is 5.32 Å². The molecule has 0 spiro atoms. The Balaban J connectivity index is 2.55. The van der Waals surface area contributed by atoms with Crippen molar-refractivity contribution in [3.63, 3.8) is 0 Å². The van der Waals surface area contributed by atoms with Gasteiger partial charge in [0.2, 0.25) is 5.91 Å². The van der Waals surface area contributed by atoms with E-state index < -0.39 is 0 Å². The first-order valence-electron chi connectivity index (χ1n) is 5.64. The number of carbonyl (C=O) groups is 1. The SMILES string of the molecule is COc1ccccc1CC(C)NC(=O)CCCl. The van der Waals surface area contributed by atoms with Crippen molar-refractivity contribution in [1.82, 2.24) is 5.32 Å². The van der Waals surface area contributed by atoms with Gasteiger partial charge >= 0.3 is 0 Å². The first-order valence-corrected chi connectivity index (χ1v) is 6.18. The minimum atomic E-state index is -0.0117. The molecule has 0 aliphatic rings. The summed E-state index contributed by atoms with van der Waals surface area (Å²) < 4.78 is 5.26. The number of benzene rings is 1. The predicted octanol–water partition coefficient (Wildman–Crippen LogP) is 2.37. The summed E-state index contributed by atoms with van der Waals surface area (Å²) >= 11 is 5.51. The monoisotopic (exact) mass is 255 g/mol. The fourth-order valence-electron chi connectivity index (χ4n) is 1.69. The number of methoxy groups -OCH3 is 1. The number of alkyl halides is 1. The highest BCUT2D eigenvalue weighted by Crippen LogP contribution is 2.18. The van der Waals surface area contributed by atoms with Crippen molar-refractivity contribution in [2.45, 2.75) is 25.8 Å². The molecule has 1 N–H and O–H groups in total. The zero-order valence-electron chi connectivity index (χ0n) is 10.2. The van der Waals surface area contributed by atoms with Gasteiger partial charge in [-0.05, 0) is 25.0 Å². The second kappa shape index (κ2) is 7.17. The summed E-state index contributed by atoms with van der Waals surface area (Å²) in [4.78, 5) is 11.4. The van der Waals surface area contributed by atoms with E-state index in [1.165, 1.54) is 0 Å². The lowest BCUT2D eigenvalue weighted by molar-refractivity contribution is -0.121. The quantitative estimate of drug-likeness (QED) is 0.793. The molecule has 0 heterocycles. The van der Waals surface area contributed by atoms with Crippen LogP contribution in [0.15, 0.2) is 24.3 Å². The van der Waals surface area contributed by atoms with Gasteiger partial charge in [-0.1, -0.05) is 18.2 Å². The molecule has 0 bridgehead atoms. The van der Waals surface area contributed by atoms with Crippen LogP contribution in [0.1, 0.15) is 18.9 Å². The Morgan fingerprint density at radius 1 is 1.47 bits per heavy atom. The van der Waals surface area contributed by atoms with Gasteiger partial charge in [-0.3, -0.25) is 4.79 Å². The van der Waals surface area contributed by atoms with E-state index in [9.17, 15) is 4.79 Å². The number of amides is 1. The van der Waals surface area contributed by atoms with Crippen LogP contribution < -0.4 is 10.1 Å². The molecule has 4 heteroatoms. The zero-order valence-corrected chi connectivity index (χ0v) is 11.0. The normalized spacial score (nSPS) is 11.9. The molecular formula is C13H18ClNO2. The van der Waals surface area contributed by atoms with E-state index in [0.29, 0.717) is 12.3 Å². The molecule has 17 heavy (non-hydrogen) atoms. The van der Waals surface area contributed by atoms with Crippen molar-refractivity contribution in [2.75, 3.05) is 13.0 Å². The number of hydrogen-bond donors (Lipinski definition) is 1. The van der Waals surface area contributed by atoms with E-state index in [4.69, 9.17) is 16.3 Å². The van der Waals surface area contributed by atoms with Gasteiger partial charge in [0.25, 0.3) is 0 Å². The molecule has 1 atom stereocenters. The third kappa shape index (κ3) is 4.65. The molecule has 1 rings (SSSR count). The summed E-state index contributed by atoms with van der Waals surface area (Å²) in [6.45, 7) is 1.97. The summed E-state index contributed by atoms with van der Waals surface area (Å²) in [5.74, 6) is 1.20. The van der Waals surface area contributed by atoms with Crippen molar-refractivity contribution in [3.05, 3.63) is 29.8 Å². The van der Waals surface area contributed by atoms with E-state index >= 15 is 0 Å². The van der Waals surface area contributed by atoms with Gasteiger partial charge in [-0.15, -0.1) is 11.6 Å². The first-order chi connectivity index (χ1) is 8.17. The molecule has 1 aromatic rings. The van der Waals surface area contributed by atoms with Crippen LogP contribution in [0.5, 0.6) is 5.75 Å². The Hall–Kier alpha value is -1.22. The molecule has 0 saturated carbocycles. The molecule has 3 nitrogen and oxygen atoms in total. The molecular weight excluding hydrogens is 238 g/mol. The standard InChI is InChI=1S/C13H18ClNO2/c1-10(15-13(16)7-8-14)9-11-5-3-4-6-12(11)17-2/h3-6,10H,7-9H2,1-2H3,(H,15,16). The molecule has 1 amide bonds. The Morgan fingerprint density at radius 2 is 2.18 bits per heavy atom. The lowest BCUT2D eigenvalue weighted by Crippen LogP contribution is -2.34. The van der Waals surface area contributed by atoms with Gasteiger partial charge in [-0.2, -0.15) is 0 Å². The van der Waals surface area contributed by atoms with Crippen LogP contribution in [-0.4, -0.2) is 24.9 Å². The van der Waals surface area contributed by atoms with E-state index in [0.717, 1.165) is 17.7 Å². The van der Waals surface area contributed by atoms with Gasteiger partial charge in [0, 0.05) is 18.3 Å². The van der Waals surface area contributed by atoms with Crippen LogP contribution in [0.3, 0.4) is 0 Å². The molecule has 0 aromatic heterocycles. The van der Waals surface area contributed by atoms with Crippen molar-refractivity contribution >= 4 is 17.5 Å². The third-order valence-electron chi connectivity index (χ3n) is 2.45. The van der Waals surface area contributed by atoms with Crippen LogP contribution in [0.25, 0.3) is 0 Å². The number of hydrogen-bond acceptors (Lipinski definition) is 2. The molecule has 0 radical (unpaired) electrons. The molecule has 1 unspecified atom stereocenters. The summed E-state index contributed by atoms with van der Waals surface area (Å²) in [5.41, 5.74) is 1.09. The third-order valence-corrected chi connectivity index (χ3v) is 2.64. The summed E-state index contributed by atoms with van der Waals surface area (Å²) in [5, 5.41) is 2.90. The summed E-state index contributed by atoms with van der Waals surface area (Å²) in [6, 6.07) is 7.89. The Kier molecular flexibility index (Phi) is 5.84. The highest BCUT2D eigenvalue weighted by molar-refractivity contribution is 6.18. The topological polar surface area (TPSA) is 38.3 Å². The second-order valence-electron chi connectivity index (χ2n) is 3.92. The molecule has 0 fully saturated rings. The fraction of sp³-hybridized carbons (Fsp3) is 0.462. The smallest absolute Gasteiger partial charge is 0.221 e. The number of nitrogens with one attached hydrogen (secondary N) is 1. The molecule has 0 aliphatic heterocycles. The Bertz CT molecular complexity index is 368. The number of rotatable bonds is 6.